The summed E-state index contributed by atoms with van der Waals surface area (Å²) < 4.78 is 5.57. The van der Waals surface area contributed by atoms with Gasteiger partial charge in [0.05, 0.1) is 11.0 Å². The van der Waals surface area contributed by atoms with Gasteiger partial charge in [0, 0.05) is 18.4 Å². The van der Waals surface area contributed by atoms with Crippen LogP contribution in [0.3, 0.4) is 0 Å². The van der Waals surface area contributed by atoms with Crippen molar-refractivity contribution >= 4 is 17.0 Å². The molecule has 0 aliphatic carbocycles. The van der Waals surface area contributed by atoms with Crippen LogP contribution >= 0.6 is 0 Å². The van der Waals surface area contributed by atoms with Crippen molar-refractivity contribution in [3.8, 4) is 5.75 Å². The molecule has 0 saturated heterocycles. The first-order valence-corrected chi connectivity index (χ1v) is 6.89. The summed E-state index contributed by atoms with van der Waals surface area (Å²) in [6.07, 6.45) is 1.08. The van der Waals surface area contributed by atoms with E-state index in [-0.39, 0.29) is 5.92 Å². The molecule has 0 bridgehead atoms. The fourth-order valence-corrected chi connectivity index (χ4v) is 2.09. The summed E-state index contributed by atoms with van der Waals surface area (Å²) in [6.45, 7) is 5.75. The van der Waals surface area contributed by atoms with Gasteiger partial charge in [-0.2, -0.15) is 0 Å². The van der Waals surface area contributed by atoms with E-state index in [1.165, 1.54) is 0 Å². The number of aromatic amines is 1. The van der Waals surface area contributed by atoms with Crippen LogP contribution in [0.15, 0.2) is 18.2 Å². The zero-order chi connectivity index (χ0) is 14.7. The largest absolute Gasteiger partial charge is 0.478 e. The number of fused-ring (bicyclic) bond motifs is 1. The molecule has 0 radical (unpaired) electrons. The van der Waals surface area contributed by atoms with E-state index < -0.39 is 12.1 Å². The summed E-state index contributed by atoms with van der Waals surface area (Å²) in [5.41, 5.74) is 1.75. The average molecular weight is 276 g/mol. The third kappa shape index (κ3) is 3.10. The molecule has 0 spiro atoms. The molecule has 0 fully saturated rings. The highest BCUT2D eigenvalue weighted by atomic mass is 16.5. The first kappa shape index (κ1) is 14.4. The quantitative estimate of drug-likeness (QED) is 0.850. The topological polar surface area (TPSA) is 75.2 Å². The van der Waals surface area contributed by atoms with Gasteiger partial charge in [0.25, 0.3) is 0 Å². The fraction of sp³-hybridized carbons (Fsp3) is 0.467. The zero-order valence-corrected chi connectivity index (χ0v) is 12.0. The maximum atomic E-state index is 11.2. The van der Waals surface area contributed by atoms with Crippen LogP contribution in [0, 0.1) is 5.92 Å². The lowest BCUT2D eigenvalue weighted by molar-refractivity contribution is -0.147. The molecule has 1 heterocycles. The first-order valence-electron chi connectivity index (χ1n) is 6.89. The minimum atomic E-state index is -0.948. The molecular weight excluding hydrogens is 256 g/mol. The molecule has 2 aromatic rings. The average Bonchev–Trinajstić information content (AvgIpc) is 2.77. The van der Waals surface area contributed by atoms with Gasteiger partial charge in [-0.3, -0.25) is 0 Å². The Labute approximate surface area is 118 Å². The van der Waals surface area contributed by atoms with Crippen molar-refractivity contribution in [2.45, 2.75) is 39.7 Å². The van der Waals surface area contributed by atoms with E-state index in [1.54, 1.807) is 12.1 Å². The van der Waals surface area contributed by atoms with Crippen LogP contribution in [0.5, 0.6) is 5.75 Å². The number of carboxylic acid groups (broad SMARTS) is 1. The SMILES string of the molecule is CCCc1nc2ccc(OC(C(=O)O)C(C)C)cc2[nH]1. The van der Waals surface area contributed by atoms with Gasteiger partial charge in [-0.1, -0.05) is 20.8 Å². The lowest BCUT2D eigenvalue weighted by Crippen LogP contribution is -2.32. The standard InChI is InChI=1S/C15H20N2O3/c1-4-5-13-16-11-7-6-10(8-12(11)17-13)20-14(9(2)3)15(18)19/h6-9,14H,4-5H2,1-3H3,(H,16,17)(H,18,19). The Morgan fingerprint density at radius 3 is 2.80 bits per heavy atom. The second kappa shape index (κ2) is 5.94. The lowest BCUT2D eigenvalue weighted by Gasteiger charge is -2.18. The monoisotopic (exact) mass is 276 g/mol. The molecule has 0 saturated carbocycles. The van der Waals surface area contributed by atoms with E-state index in [4.69, 9.17) is 9.84 Å². The maximum absolute atomic E-state index is 11.2. The summed E-state index contributed by atoms with van der Waals surface area (Å²) >= 11 is 0. The number of rotatable bonds is 6. The van der Waals surface area contributed by atoms with Gasteiger partial charge in [0.1, 0.15) is 11.6 Å². The Hall–Kier alpha value is -2.04. The van der Waals surface area contributed by atoms with Crippen molar-refractivity contribution in [1.82, 2.24) is 9.97 Å². The highest BCUT2D eigenvalue weighted by Crippen LogP contribution is 2.22. The Bertz CT molecular complexity index is 604. The third-order valence-corrected chi connectivity index (χ3v) is 3.10. The predicted octanol–water partition coefficient (Wildman–Crippen LogP) is 3.00. The highest BCUT2D eigenvalue weighted by molar-refractivity contribution is 5.77. The van der Waals surface area contributed by atoms with Gasteiger partial charge in [0.2, 0.25) is 0 Å². The van der Waals surface area contributed by atoms with Crippen LogP contribution in [0.4, 0.5) is 0 Å². The number of aromatic nitrogens is 2. The van der Waals surface area contributed by atoms with E-state index in [0.717, 1.165) is 29.7 Å². The Morgan fingerprint density at radius 2 is 2.20 bits per heavy atom. The van der Waals surface area contributed by atoms with E-state index in [2.05, 4.69) is 16.9 Å². The predicted molar refractivity (Wildman–Crippen MR) is 77.0 cm³/mol. The number of imidazole rings is 1. The zero-order valence-electron chi connectivity index (χ0n) is 12.0. The Kier molecular flexibility index (Phi) is 4.27. The van der Waals surface area contributed by atoms with Gasteiger partial charge < -0.3 is 14.8 Å². The molecule has 1 aromatic heterocycles. The third-order valence-electron chi connectivity index (χ3n) is 3.10. The molecule has 108 valence electrons. The van der Waals surface area contributed by atoms with Gasteiger partial charge in [0.15, 0.2) is 6.10 Å². The van der Waals surface area contributed by atoms with Gasteiger partial charge in [-0.05, 0) is 18.6 Å². The van der Waals surface area contributed by atoms with Crippen LogP contribution in [0.2, 0.25) is 0 Å². The second-order valence-corrected chi connectivity index (χ2v) is 5.23. The highest BCUT2D eigenvalue weighted by Gasteiger charge is 2.23. The number of carbonyl (C=O) groups is 1. The Morgan fingerprint density at radius 1 is 1.45 bits per heavy atom. The molecule has 2 rings (SSSR count). The van der Waals surface area contributed by atoms with E-state index >= 15 is 0 Å². The molecular formula is C15H20N2O3. The molecule has 0 aliphatic heterocycles. The number of aryl methyl sites for hydroxylation is 1. The van der Waals surface area contributed by atoms with E-state index in [0.29, 0.717) is 5.75 Å². The number of H-pyrrole nitrogens is 1. The first-order chi connectivity index (χ1) is 9.51. The van der Waals surface area contributed by atoms with E-state index in [9.17, 15) is 4.79 Å². The number of ether oxygens (including phenoxy) is 1. The smallest absolute Gasteiger partial charge is 0.345 e. The van der Waals surface area contributed by atoms with Gasteiger partial charge >= 0.3 is 5.97 Å². The number of aliphatic carboxylic acids is 1. The maximum Gasteiger partial charge on any atom is 0.345 e. The number of nitrogens with zero attached hydrogens (tertiary/aromatic N) is 1. The number of hydrogen-bond acceptors (Lipinski definition) is 3. The van der Waals surface area contributed by atoms with Crippen molar-refractivity contribution in [3.63, 3.8) is 0 Å². The Balaban J connectivity index is 2.24. The summed E-state index contributed by atoms with van der Waals surface area (Å²) in [6, 6.07) is 5.41. The van der Waals surface area contributed by atoms with Crippen molar-refractivity contribution < 1.29 is 14.6 Å². The molecule has 2 N–H and O–H groups in total. The molecule has 5 nitrogen and oxygen atoms in total. The number of benzene rings is 1. The number of nitrogens with one attached hydrogen (secondary N) is 1. The number of carboxylic acids is 1. The summed E-state index contributed by atoms with van der Waals surface area (Å²) in [7, 11) is 0. The molecule has 20 heavy (non-hydrogen) atoms. The van der Waals surface area contributed by atoms with Gasteiger partial charge in [-0.25, -0.2) is 9.78 Å². The van der Waals surface area contributed by atoms with Crippen molar-refractivity contribution in [3.05, 3.63) is 24.0 Å². The normalized spacial score (nSPS) is 12.8. The second-order valence-electron chi connectivity index (χ2n) is 5.23. The minimum absolute atomic E-state index is 0.0967. The molecule has 5 heteroatoms. The minimum Gasteiger partial charge on any atom is -0.478 e. The van der Waals surface area contributed by atoms with Crippen molar-refractivity contribution in [2.75, 3.05) is 0 Å². The van der Waals surface area contributed by atoms with Gasteiger partial charge in [-0.15, -0.1) is 0 Å². The molecule has 1 aromatic carbocycles. The molecule has 1 atom stereocenters. The summed E-state index contributed by atoms with van der Waals surface area (Å²) in [4.78, 5) is 18.8. The lowest BCUT2D eigenvalue weighted by atomic mass is 10.1. The van der Waals surface area contributed by atoms with Crippen molar-refractivity contribution in [1.29, 1.82) is 0 Å². The van der Waals surface area contributed by atoms with Crippen LogP contribution in [-0.2, 0) is 11.2 Å². The van der Waals surface area contributed by atoms with Crippen LogP contribution in [-0.4, -0.2) is 27.1 Å². The number of hydrogen-bond donors (Lipinski definition) is 2. The molecule has 0 amide bonds. The van der Waals surface area contributed by atoms with E-state index in [1.807, 2.05) is 19.9 Å². The van der Waals surface area contributed by atoms with Crippen LogP contribution in [0.25, 0.3) is 11.0 Å². The fourth-order valence-electron chi connectivity index (χ4n) is 2.09. The summed E-state index contributed by atoms with van der Waals surface area (Å²) in [5, 5.41) is 9.15. The molecule has 0 aliphatic rings. The van der Waals surface area contributed by atoms with Crippen LogP contribution in [0.1, 0.15) is 33.0 Å². The van der Waals surface area contributed by atoms with Crippen molar-refractivity contribution in [2.24, 2.45) is 5.92 Å². The summed E-state index contributed by atoms with van der Waals surface area (Å²) in [5.74, 6) is 0.445. The molecule has 1 unspecified atom stereocenters. The van der Waals surface area contributed by atoms with Crippen LogP contribution < -0.4 is 4.74 Å².